The van der Waals surface area contributed by atoms with Gasteiger partial charge < -0.3 is 0 Å². The van der Waals surface area contributed by atoms with Crippen molar-refractivity contribution in [2.45, 2.75) is 12.5 Å². The summed E-state index contributed by atoms with van der Waals surface area (Å²) in [5, 5.41) is 11.5. The first-order valence-electron chi connectivity index (χ1n) is 7.07. The highest BCUT2D eigenvalue weighted by molar-refractivity contribution is 6.02. The van der Waals surface area contributed by atoms with Gasteiger partial charge in [-0.1, -0.05) is 29.4 Å². The van der Waals surface area contributed by atoms with Crippen LogP contribution in [0.2, 0.25) is 0 Å². The normalized spacial score (nSPS) is 16.8. The van der Waals surface area contributed by atoms with Gasteiger partial charge in [0.1, 0.15) is 11.6 Å². The van der Waals surface area contributed by atoms with E-state index >= 15 is 0 Å². The number of fused-ring (bicyclic) bond motifs is 1. The second-order valence-electron chi connectivity index (χ2n) is 5.26. The second kappa shape index (κ2) is 5.35. The van der Waals surface area contributed by atoms with Gasteiger partial charge in [0.15, 0.2) is 0 Å². The summed E-state index contributed by atoms with van der Waals surface area (Å²) in [5.74, 6) is -0.219. The summed E-state index contributed by atoms with van der Waals surface area (Å²) in [6.45, 7) is 0. The molecular formula is C16H11F2N5. The molecular weight excluding hydrogens is 300 g/mol. The van der Waals surface area contributed by atoms with E-state index in [1.54, 1.807) is 28.9 Å². The molecule has 0 bridgehead atoms. The number of benzene rings is 2. The Kier molecular flexibility index (Phi) is 3.18. The van der Waals surface area contributed by atoms with Gasteiger partial charge in [0.05, 0.1) is 11.8 Å². The standard InChI is InChI=1S/C16H11F2N5/c17-12-5-1-10(2-6-12)14-9-15(11-3-7-13(18)8-4-11)23-16(19-14)20-21-22-23/h1-8,15H,9H2. The first-order valence-corrected chi connectivity index (χ1v) is 7.07. The van der Waals surface area contributed by atoms with Crippen molar-refractivity contribution in [3.63, 3.8) is 0 Å². The third-order valence-corrected chi connectivity index (χ3v) is 3.82. The largest absolute Gasteiger partial charge is 0.269 e. The monoisotopic (exact) mass is 311 g/mol. The molecule has 1 atom stereocenters. The summed E-state index contributed by atoms with van der Waals surface area (Å²) in [6, 6.07) is 12.2. The number of tetrazole rings is 1. The topological polar surface area (TPSA) is 56.0 Å². The van der Waals surface area contributed by atoms with E-state index in [0.717, 1.165) is 16.8 Å². The summed E-state index contributed by atoms with van der Waals surface area (Å²) >= 11 is 0. The molecule has 3 aromatic rings. The molecule has 0 aliphatic carbocycles. The van der Waals surface area contributed by atoms with Gasteiger partial charge in [0, 0.05) is 6.42 Å². The second-order valence-corrected chi connectivity index (χ2v) is 5.26. The lowest BCUT2D eigenvalue weighted by atomic mass is 9.96. The Bertz CT molecular complexity index is 868. The molecule has 0 radical (unpaired) electrons. The highest BCUT2D eigenvalue weighted by Gasteiger charge is 2.26. The van der Waals surface area contributed by atoms with Crippen molar-refractivity contribution < 1.29 is 8.78 Å². The molecule has 0 fully saturated rings. The average molecular weight is 311 g/mol. The molecule has 1 aliphatic heterocycles. The molecule has 4 rings (SSSR count). The lowest BCUT2D eigenvalue weighted by Crippen LogP contribution is -2.21. The van der Waals surface area contributed by atoms with Gasteiger partial charge in [-0.05, 0) is 45.8 Å². The quantitative estimate of drug-likeness (QED) is 0.731. The minimum atomic E-state index is -0.301. The van der Waals surface area contributed by atoms with Gasteiger partial charge in [-0.2, -0.15) is 0 Å². The molecule has 1 unspecified atom stereocenters. The first-order chi connectivity index (χ1) is 11.2. The van der Waals surface area contributed by atoms with E-state index in [-0.39, 0.29) is 17.7 Å². The van der Waals surface area contributed by atoms with E-state index in [2.05, 4.69) is 20.5 Å². The third kappa shape index (κ3) is 2.50. The van der Waals surface area contributed by atoms with Crippen LogP contribution in [0.4, 0.5) is 14.7 Å². The Hall–Kier alpha value is -2.96. The minimum Gasteiger partial charge on any atom is -0.214 e. The molecule has 114 valence electrons. The summed E-state index contributed by atoms with van der Waals surface area (Å²) in [7, 11) is 0. The number of halogens is 2. The Morgan fingerprint density at radius 1 is 0.913 bits per heavy atom. The van der Waals surface area contributed by atoms with E-state index in [0.29, 0.717) is 12.4 Å². The zero-order valence-corrected chi connectivity index (χ0v) is 11.9. The van der Waals surface area contributed by atoms with Crippen LogP contribution in [0.3, 0.4) is 0 Å². The lowest BCUT2D eigenvalue weighted by Gasteiger charge is -2.23. The molecule has 0 saturated heterocycles. The predicted octanol–water partition coefficient (Wildman–Crippen LogP) is 3.07. The van der Waals surface area contributed by atoms with E-state index in [1.165, 1.54) is 24.3 Å². The fourth-order valence-electron chi connectivity index (χ4n) is 2.67. The average Bonchev–Trinajstić information content (AvgIpc) is 3.04. The molecule has 2 aromatic carbocycles. The molecule has 5 nitrogen and oxygen atoms in total. The molecule has 2 heterocycles. The van der Waals surface area contributed by atoms with Crippen LogP contribution in [0.15, 0.2) is 53.5 Å². The number of nitrogens with zero attached hydrogens (tertiary/aromatic N) is 5. The smallest absolute Gasteiger partial charge is 0.214 e. The Balaban J connectivity index is 1.77. The van der Waals surface area contributed by atoms with Crippen molar-refractivity contribution in [3.8, 4) is 0 Å². The minimum absolute atomic E-state index is 0.182. The van der Waals surface area contributed by atoms with Gasteiger partial charge in [0.25, 0.3) is 5.95 Å². The van der Waals surface area contributed by atoms with Crippen molar-refractivity contribution in [1.82, 2.24) is 20.2 Å². The summed E-state index contributed by atoms with van der Waals surface area (Å²) in [4.78, 5) is 4.45. The maximum Gasteiger partial charge on any atom is 0.269 e. The molecule has 0 N–H and O–H groups in total. The van der Waals surface area contributed by atoms with Gasteiger partial charge in [-0.25, -0.2) is 18.5 Å². The number of aromatic nitrogens is 4. The molecule has 0 spiro atoms. The molecule has 7 heteroatoms. The highest BCUT2D eigenvalue weighted by atomic mass is 19.1. The van der Waals surface area contributed by atoms with Gasteiger partial charge in [-0.3, -0.25) is 0 Å². The Morgan fingerprint density at radius 2 is 1.57 bits per heavy atom. The van der Waals surface area contributed by atoms with Crippen molar-refractivity contribution in [3.05, 3.63) is 71.3 Å². The van der Waals surface area contributed by atoms with E-state index in [1.807, 2.05) is 0 Å². The van der Waals surface area contributed by atoms with Gasteiger partial charge >= 0.3 is 0 Å². The highest BCUT2D eigenvalue weighted by Crippen LogP contribution is 2.31. The van der Waals surface area contributed by atoms with Crippen LogP contribution in [0.1, 0.15) is 23.6 Å². The first kappa shape index (κ1) is 13.7. The maximum atomic E-state index is 13.2. The van der Waals surface area contributed by atoms with Crippen LogP contribution in [0.5, 0.6) is 0 Å². The number of hydrogen-bond acceptors (Lipinski definition) is 4. The van der Waals surface area contributed by atoms with Crippen LogP contribution in [-0.4, -0.2) is 25.9 Å². The molecule has 1 aliphatic rings. The van der Waals surface area contributed by atoms with Crippen molar-refractivity contribution in [1.29, 1.82) is 0 Å². The van der Waals surface area contributed by atoms with Crippen molar-refractivity contribution >= 4 is 11.7 Å². The zero-order chi connectivity index (χ0) is 15.8. The van der Waals surface area contributed by atoms with Gasteiger partial charge in [-0.15, -0.1) is 0 Å². The summed E-state index contributed by atoms with van der Waals surface area (Å²) < 4.78 is 27.9. The molecule has 23 heavy (non-hydrogen) atoms. The van der Waals surface area contributed by atoms with Crippen LogP contribution < -0.4 is 0 Å². The molecule has 1 aromatic heterocycles. The zero-order valence-electron chi connectivity index (χ0n) is 11.9. The SMILES string of the molecule is Fc1ccc(C2=Nc3nnnn3C(c3ccc(F)cc3)C2)cc1. The fraction of sp³-hybridized carbons (Fsp3) is 0.125. The van der Waals surface area contributed by atoms with Crippen LogP contribution in [0.25, 0.3) is 0 Å². The molecule has 0 amide bonds. The van der Waals surface area contributed by atoms with Crippen LogP contribution >= 0.6 is 0 Å². The predicted molar refractivity (Wildman–Crippen MR) is 79.6 cm³/mol. The third-order valence-electron chi connectivity index (χ3n) is 3.82. The summed E-state index contributed by atoms with van der Waals surface area (Å²) in [6.07, 6.45) is 0.537. The Labute approximate surface area is 130 Å². The van der Waals surface area contributed by atoms with Gasteiger partial charge in [0.2, 0.25) is 0 Å². The van der Waals surface area contributed by atoms with Crippen LogP contribution in [-0.2, 0) is 0 Å². The van der Waals surface area contributed by atoms with E-state index < -0.39 is 0 Å². The maximum absolute atomic E-state index is 13.2. The number of aliphatic imine (C=N–C) groups is 1. The van der Waals surface area contributed by atoms with Crippen LogP contribution in [0, 0.1) is 11.6 Å². The van der Waals surface area contributed by atoms with E-state index in [9.17, 15) is 8.78 Å². The van der Waals surface area contributed by atoms with Crippen molar-refractivity contribution in [2.24, 2.45) is 4.99 Å². The summed E-state index contributed by atoms with van der Waals surface area (Å²) in [5.41, 5.74) is 2.46. The Morgan fingerprint density at radius 3 is 2.26 bits per heavy atom. The van der Waals surface area contributed by atoms with Crippen molar-refractivity contribution in [2.75, 3.05) is 0 Å². The number of rotatable bonds is 2. The number of hydrogen-bond donors (Lipinski definition) is 0. The lowest BCUT2D eigenvalue weighted by molar-refractivity contribution is 0.513. The molecule has 0 saturated carbocycles. The fourth-order valence-corrected chi connectivity index (χ4v) is 2.67. The van der Waals surface area contributed by atoms with E-state index in [4.69, 9.17) is 0 Å².